The molecule has 0 aromatic heterocycles. The highest BCUT2D eigenvalue weighted by atomic mass is 31.2. The number of amides is 1. The van der Waals surface area contributed by atoms with E-state index in [1.807, 2.05) is 39.4 Å². The molecule has 67 heavy (non-hydrogen) atoms. The number of hydrogen-bond acceptors (Lipinski definition) is 6. The molecule has 0 fully saturated rings. The van der Waals surface area contributed by atoms with Crippen molar-refractivity contribution >= 4 is 19.7 Å². The lowest BCUT2D eigenvalue weighted by atomic mass is 10.1. The van der Waals surface area contributed by atoms with Gasteiger partial charge in [0.15, 0.2) is 0 Å². The molecule has 0 aromatic rings. The number of quaternary nitrogens is 1. The number of carbonyl (C=O) groups excluding carboxylic acids is 2. The van der Waals surface area contributed by atoms with Crippen molar-refractivity contribution in [3.8, 4) is 0 Å². The van der Waals surface area contributed by atoms with E-state index in [0.29, 0.717) is 23.9 Å². The molecule has 0 aromatic carbocycles. The molecule has 0 bridgehead atoms. The topological polar surface area (TPSA) is 111 Å². The summed E-state index contributed by atoms with van der Waals surface area (Å²) in [6, 6.07) is -0.870. The lowest BCUT2D eigenvalue weighted by molar-refractivity contribution is -0.870. The van der Waals surface area contributed by atoms with E-state index in [9.17, 15) is 19.0 Å². The van der Waals surface area contributed by atoms with Crippen LogP contribution in [0.1, 0.15) is 252 Å². The summed E-state index contributed by atoms with van der Waals surface area (Å²) in [5.41, 5.74) is 0. The summed E-state index contributed by atoms with van der Waals surface area (Å²) in [6.07, 6.45) is 56.9. The Bertz CT molecular complexity index is 1290. The standard InChI is InChI=1S/C57H107N2O7P/c1-7-10-13-16-19-22-25-27-28-29-30-32-34-37-40-43-46-49-56(60)58-54(53-65-67(62,63)64-52-51-59(4,5)6)55(48-45-42-39-36-33-24-21-18-15-12-9-3)66-57(61)50-47-44-41-38-35-31-26-23-20-17-14-11-8-2/h27-28,31,35,41,44-45,48,54-55H,7-26,29-30,32-34,36-40,42-43,46-47,49-53H2,1-6H3,(H-,58,60,62,63)/p+1/b28-27+,35-31-,44-41+,48-45-. The highest BCUT2D eigenvalue weighted by molar-refractivity contribution is 7.47. The Kier molecular flexibility index (Phi) is 46.2. The zero-order valence-corrected chi connectivity index (χ0v) is 45.5. The molecule has 0 saturated heterocycles. The van der Waals surface area contributed by atoms with Gasteiger partial charge >= 0.3 is 13.8 Å². The molecule has 3 atom stereocenters. The number of allylic oxidation sites excluding steroid dienone is 7. The third-order valence-electron chi connectivity index (χ3n) is 12.3. The zero-order chi connectivity index (χ0) is 49.4. The largest absolute Gasteiger partial charge is 0.472 e. The van der Waals surface area contributed by atoms with Gasteiger partial charge in [-0.3, -0.25) is 18.6 Å². The Balaban J connectivity index is 5.39. The van der Waals surface area contributed by atoms with Gasteiger partial charge in [0, 0.05) is 12.8 Å². The highest BCUT2D eigenvalue weighted by Crippen LogP contribution is 2.43. The lowest BCUT2D eigenvalue weighted by Crippen LogP contribution is -2.47. The van der Waals surface area contributed by atoms with Crippen LogP contribution in [0.5, 0.6) is 0 Å². The number of unbranched alkanes of at least 4 members (excludes halogenated alkanes) is 28. The average molecular weight is 964 g/mol. The number of hydrogen-bond donors (Lipinski definition) is 2. The maximum atomic E-state index is 13.5. The van der Waals surface area contributed by atoms with Crippen LogP contribution in [-0.4, -0.2) is 74.3 Å². The van der Waals surface area contributed by atoms with Crippen LogP contribution >= 0.6 is 7.82 Å². The fraction of sp³-hybridized carbons (Fsp3) is 0.825. The number of ether oxygens (including phenoxy) is 1. The number of phosphoric acid groups is 1. The Labute approximate surface area is 414 Å². The van der Waals surface area contributed by atoms with Gasteiger partial charge in [-0.05, 0) is 76.7 Å². The number of carbonyl (C=O) groups is 2. The van der Waals surface area contributed by atoms with Crippen LogP contribution < -0.4 is 5.32 Å². The third-order valence-corrected chi connectivity index (χ3v) is 13.2. The summed E-state index contributed by atoms with van der Waals surface area (Å²) in [4.78, 5) is 37.4. The SMILES string of the molecule is CCCCCCCC/C=C\C/C=C/CCC(=O)OC(/C=C\CCCCCCCCCCC)C(COP(=O)(O)OCC[N+](C)(C)C)NC(=O)CCCCCCCCC/C=C/CCCCCCCC. The van der Waals surface area contributed by atoms with Crippen molar-refractivity contribution in [1.82, 2.24) is 5.32 Å². The minimum Gasteiger partial charge on any atom is -0.456 e. The molecule has 0 heterocycles. The van der Waals surface area contributed by atoms with Crippen molar-refractivity contribution in [3.05, 3.63) is 48.6 Å². The van der Waals surface area contributed by atoms with Crippen molar-refractivity contribution in [2.75, 3.05) is 40.9 Å². The van der Waals surface area contributed by atoms with Crippen molar-refractivity contribution in [1.29, 1.82) is 0 Å². The van der Waals surface area contributed by atoms with Gasteiger partial charge in [-0.1, -0.05) is 211 Å². The molecule has 392 valence electrons. The van der Waals surface area contributed by atoms with Crippen LogP contribution in [0.3, 0.4) is 0 Å². The second kappa shape index (κ2) is 47.6. The summed E-state index contributed by atoms with van der Waals surface area (Å²) in [6.45, 7) is 6.95. The first-order valence-corrected chi connectivity index (χ1v) is 29.5. The molecule has 0 radical (unpaired) electrons. The molecule has 2 N–H and O–H groups in total. The molecule has 0 spiro atoms. The molecule has 10 heteroatoms. The van der Waals surface area contributed by atoms with E-state index >= 15 is 0 Å². The minimum absolute atomic E-state index is 0.0319. The van der Waals surface area contributed by atoms with Gasteiger partial charge in [-0.25, -0.2) is 4.57 Å². The van der Waals surface area contributed by atoms with Crippen molar-refractivity contribution in [2.45, 2.75) is 264 Å². The molecule has 0 rings (SSSR count). The lowest BCUT2D eigenvalue weighted by Gasteiger charge is -2.27. The maximum Gasteiger partial charge on any atom is 0.472 e. The van der Waals surface area contributed by atoms with Crippen LogP contribution in [0.15, 0.2) is 48.6 Å². The zero-order valence-electron chi connectivity index (χ0n) is 44.6. The van der Waals surface area contributed by atoms with Crippen molar-refractivity contribution < 1.29 is 37.3 Å². The van der Waals surface area contributed by atoms with E-state index in [0.717, 1.165) is 64.2 Å². The maximum absolute atomic E-state index is 13.5. The van der Waals surface area contributed by atoms with Gasteiger partial charge in [0.1, 0.15) is 19.3 Å². The molecule has 9 nitrogen and oxygen atoms in total. The summed E-state index contributed by atoms with van der Waals surface area (Å²) in [5.74, 6) is -0.586. The van der Waals surface area contributed by atoms with E-state index < -0.39 is 25.9 Å². The number of nitrogens with one attached hydrogen (secondary N) is 1. The van der Waals surface area contributed by atoms with E-state index in [1.165, 1.54) is 148 Å². The molecule has 3 unspecified atom stereocenters. The van der Waals surface area contributed by atoms with E-state index in [4.69, 9.17) is 13.8 Å². The number of likely N-dealkylation sites (N-methyl/N-ethyl adjacent to an activating group) is 1. The molecular formula is C57H108N2O7P+. The predicted octanol–water partition coefficient (Wildman–Crippen LogP) is 16.6. The van der Waals surface area contributed by atoms with E-state index in [1.54, 1.807) is 0 Å². The Hall–Kier alpha value is -2.03. The second-order valence-corrected chi connectivity index (χ2v) is 21.6. The Morgan fingerprint density at radius 3 is 1.39 bits per heavy atom. The van der Waals surface area contributed by atoms with Gasteiger partial charge in [-0.15, -0.1) is 0 Å². The molecule has 0 aliphatic heterocycles. The molecule has 0 aliphatic carbocycles. The average Bonchev–Trinajstić information content (AvgIpc) is 3.28. The fourth-order valence-electron chi connectivity index (χ4n) is 7.87. The smallest absolute Gasteiger partial charge is 0.456 e. The van der Waals surface area contributed by atoms with E-state index in [-0.39, 0.29) is 25.5 Å². The van der Waals surface area contributed by atoms with E-state index in [2.05, 4.69) is 56.5 Å². The van der Waals surface area contributed by atoms with Crippen LogP contribution in [-0.2, 0) is 27.9 Å². The third kappa shape index (κ3) is 48.8. The normalized spacial score (nSPS) is 14.2. The van der Waals surface area contributed by atoms with Crippen LogP contribution in [0.2, 0.25) is 0 Å². The highest BCUT2D eigenvalue weighted by Gasteiger charge is 2.30. The number of phosphoric ester groups is 1. The predicted molar refractivity (Wildman–Crippen MR) is 286 cm³/mol. The summed E-state index contributed by atoms with van der Waals surface area (Å²) < 4.78 is 30.5. The molecular weight excluding hydrogens is 856 g/mol. The van der Waals surface area contributed by atoms with Gasteiger partial charge in [-0.2, -0.15) is 0 Å². The molecule has 0 aliphatic rings. The number of rotatable bonds is 50. The van der Waals surface area contributed by atoms with Gasteiger partial charge in [0.2, 0.25) is 5.91 Å². The number of esters is 1. The monoisotopic (exact) mass is 964 g/mol. The Morgan fingerprint density at radius 1 is 0.522 bits per heavy atom. The summed E-state index contributed by atoms with van der Waals surface area (Å²) in [7, 11) is 1.47. The van der Waals surface area contributed by atoms with Gasteiger partial charge in [0.25, 0.3) is 0 Å². The first-order valence-electron chi connectivity index (χ1n) is 28.0. The Morgan fingerprint density at radius 2 is 0.925 bits per heavy atom. The first kappa shape index (κ1) is 65.0. The quantitative estimate of drug-likeness (QED) is 0.0205. The molecule has 1 amide bonds. The first-order chi connectivity index (χ1) is 32.4. The number of nitrogens with zero attached hydrogens (tertiary/aromatic N) is 1. The second-order valence-electron chi connectivity index (χ2n) is 20.1. The fourth-order valence-corrected chi connectivity index (χ4v) is 8.61. The minimum atomic E-state index is -4.45. The van der Waals surface area contributed by atoms with Crippen LogP contribution in [0.25, 0.3) is 0 Å². The summed E-state index contributed by atoms with van der Waals surface area (Å²) in [5, 5.41) is 3.03. The van der Waals surface area contributed by atoms with Crippen LogP contribution in [0, 0.1) is 0 Å². The molecule has 0 saturated carbocycles. The summed E-state index contributed by atoms with van der Waals surface area (Å²) >= 11 is 0. The van der Waals surface area contributed by atoms with Gasteiger partial charge < -0.3 is 19.4 Å². The van der Waals surface area contributed by atoms with Crippen molar-refractivity contribution in [2.24, 2.45) is 0 Å². The van der Waals surface area contributed by atoms with Gasteiger partial charge in [0.05, 0.1) is 33.8 Å². The van der Waals surface area contributed by atoms with Crippen LogP contribution in [0.4, 0.5) is 0 Å². The van der Waals surface area contributed by atoms with Crippen molar-refractivity contribution in [3.63, 3.8) is 0 Å².